The molecule has 5 nitrogen and oxygen atoms in total. The van der Waals surface area contributed by atoms with Crippen LogP contribution in [0.2, 0.25) is 0 Å². The first-order chi connectivity index (χ1) is 12.1. The molecular weight excluding hydrogens is 319 g/mol. The fourth-order valence-electron chi connectivity index (χ4n) is 2.35. The molecule has 0 unspecified atom stereocenters. The number of aromatic nitrogens is 2. The van der Waals surface area contributed by atoms with Crippen LogP contribution in [-0.2, 0) is 6.54 Å². The minimum absolute atomic E-state index is 0.239. The summed E-state index contributed by atoms with van der Waals surface area (Å²) >= 11 is 0. The summed E-state index contributed by atoms with van der Waals surface area (Å²) in [5.74, 6) is 1.65. The Morgan fingerprint density at radius 1 is 1.04 bits per heavy atom. The highest BCUT2D eigenvalue weighted by molar-refractivity contribution is 5.56. The molecule has 0 aliphatic rings. The third-order valence-electron chi connectivity index (χ3n) is 3.62. The van der Waals surface area contributed by atoms with Gasteiger partial charge in [-0.25, -0.2) is 9.37 Å². The molecule has 2 N–H and O–H groups in total. The molecule has 0 spiro atoms. The molecule has 0 aliphatic carbocycles. The topological polar surface area (TPSA) is 59.1 Å². The van der Waals surface area contributed by atoms with Crippen molar-refractivity contribution in [3.05, 3.63) is 71.7 Å². The molecule has 0 radical (unpaired) electrons. The second-order valence-corrected chi connectivity index (χ2v) is 5.52. The molecule has 6 heteroatoms. The molecule has 0 saturated heterocycles. The quantitative estimate of drug-likeness (QED) is 0.702. The maximum atomic E-state index is 13.7. The molecule has 0 fully saturated rings. The molecule has 0 bridgehead atoms. The van der Waals surface area contributed by atoms with Crippen LogP contribution < -0.4 is 15.4 Å². The van der Waals surface area contributed by atoms with Crippen molar-refractivity contribution < 1.29 is 9.13 Å². The lowest BCUT2D eigenvalue weighted by Gasteiger charge is -2.11. The van der Waals surface area contributed by atoms with E-state index >= 15 is 0 Å². The lowest BCUT2D eigenvalue weighted by atomic mass is 10.2. The molecule has 1 aromatic heterocycles. The van der Waals surface area contributed by atoms with Gasteiger partial charge in [0, 0.05) is 29.6 Å². The van der Waals surface area contributed by atoms with Gasteiger partial charge in [0.1, 0.15) is 17.4 Å². The second-order valence-electron chi connectivity index (χ2n) is 5.52. The van der Waals surface area contributed by atoms with Gasteiger partial charge in [-0.2, -0.15) is 4.98 Å². The molecule has 0 aliphatic heterocycles. The van der Waals surface area contributed by atoms with Crippen molar-refractivity contribution in [3.63, 3.8) is 0 Å². The van der Waals surface area contributed by atoms with Gasteiger partial charge < -0.3 is 15.4 Å². The fraction of sp³-hybridized carbons (Fsp3) is 0.158. The molecule has 25 heavy (non-hydrogen) atoms. The smallest absolute Gasteiger partial charge is 0.229 e. The zero-order valence-electron chi connectivity index (χ0n) is 14.1. The third-order valence-corrected chi connectivity index (χ3v) is 3.62. The Kier molecular flexibility index (Phi) is 5.09. The Balaban J connectivity index is 1.72. The number of ether oxygens (including phenoxy) is 1. The Hall–Kier alpha value is -3.15. The van der Waals surface area contributed by atoms with Gasteiger partial charge in [-0.05, 0) is 37.3 Å². The molecule has 0 amide bonds. The molecule has 1 heterocycles. The molecule has 128 valence electrons. The van der Waals surface area contributed by atoms with Crippen molar-refractivity contribution in [2.75, 3.05) is 17.7 Å². The van der Waals surface area contributed by atoms with Crippen LogP contribution in [0.3, 0.4) is 0 Å². The number of nitrogens with one attached hydrogen (secondary N) is 2. The van der Waals surface area contributed by atoms with E-state index < -0.39 is 0 Å². The van der Waals surface area contributed by atoms with Crippen molar-refractivity contribution in [2.24, 2.45) is 0 Å². The highest BCUT2D eigenvalue weighted by Crippen LogP contribution is 2.19. The second kappa shape index (κ2) is 7.61. The van der Waals surface area contributed by atoms with Crippen molar-refractivity contribution >= 4 is 17.5 Å². The van der Waals surface area contributed by atoms with Crippen molar-refractivity contribution in [3.8, 4) is 5.75 Å². The molecule has 0 atom stereocenters. The number of aryl methyl sites for hydroxylation is 1. The van der Waals surface area contributed by atoms with Crippen LogP contribution in [0.25, 0.3) is 0 Å². The lowest BCUT2D eigenvalue weighted by molar-refractivity contribution is 0.415. The van der Waals surface area contributed by atoms with Crippen LogP contribution in [0.4, 0.5) is 21.8 Å². The van der Waals surface area contributed by atoms with E-state index in [1.54, 1.807) is 19.2 Å². The number of rotatable bonds is 6. The van der Waals surface area contributed by atoms with Crippen molar-refractivity contribution in [1.29, 1.82) is 0 Å². The van der Waals surface area contributed by atoms with Gasteiger partial charge in [0.05, 0.1) is 7.11 Å². The van der Waals surface area contributed by atoms with Crippen LogP contribution in [0.1, 0.15) is 11.3 Å². The average molecular weight is 338 g/mol. The molecule has 3 aromatic rings. The van der Waals surface area contributed by atoms with E-state index in [1.165, 1.54) is 6.07 Å². The number of hydrogen-bond donors (Lipinski definition) is 2. The largest absolute Gasteiger partial charge is 0.497 e. The monoisotopic (exact) mass is 338 g/mol. The predicted molar refractivity (Wildman–Crippen MR) is 96.8 cm³/mol. The lowest BCUT2D eigenvalue weighted by Crippen LogP contribution is -2.06. The summed E-state index contributed by atoms with van der Waals surface area (Å²) in [5.41, 5.74) is 2.25. The van der Waals surface area contributed by atoms with E-state index in [0.29, 0.717) is 23.9 Å². The van der Waals surface area contributed by atoms with E-state index in [1.807, 2.05) is 43.3 Å². The van der Waals surface area contributed by atoms with Gasteiger partial charge in [0.25, 0.3) is 0 Å². The van der Waals surface area contributed by atoms with E-state index in [0.717, 1.165) is 17.1 Å². The summed E-state index contributed by atoms with van der Waals surface area (Å²) in [5, 5.41) is 6.29. The van der Waals surface area contributed by atoms with Gasteiger partial charge in [-0.1, -0.05) is 18.2 Å². The normalized spacial score (nSPS) is 10.4. The first kappa shape index (κ1) is 16.7. The average Bonchev–Trinajstić information content (AvgIpc) is 2.61. The molecule has 3 rings (SSSR count). The van der Waals surface area contributed by atoms with Gasteiger partial charge >= 0.3 is 0 Å². The zero-order valence-corrected chi connectivity index (χ0v) is 14.1. The Labute approximate surface area is 145 Å². The number of halogens is 1. The zero-order chi connectivity index (χ0) is 17.6. The van der Waals surface area contributed by atoms with Gasteiger partial charge in [0.15, 0.2) is 0 Å². The van der Waals surface area contributed by atoms with Crippen molar-refractivity contribution in [1.82, 2.24) is 9.97 Å². The molecule has 2 aromatic carbocycles. The minimum atomic E-state index is -0.239. The summed E-state index contributed by atoms with van der Waals surface area (Å²) in [6, 6.07) is 16.0. The minimum Gasteiger partial charge on any atom is -0.497 e. The number of benzene rings is 2. The summed E-state index contributed by atoms with van der Waals surface area (Å²) in [4.78, 5) is 8.81. The van der Waals surface area contributed by atoms with E-state index in [4.69, 9.17) is 4.74 Å². The third kappa shape index (κ3) is 4.44. The number of hydrogen-bond acceptors (Lipinski definition) is 5. The first-order valence-electron chi connectivity index (χ1n) is 7.88. The van der Waals surface area contributed by atoms with E-state index in [-0.39, 0.29) is 5.82 Å². The summed E-state index contributed by atoms with van der Waals surface area (Å²) in [7, 11) is 1.62. The Morgan fingerprint density at radius 2 is 1.80 bits per heavy atom. The van der Waals surface area contributed by atoms with Crippen LogP contribution in [-0.4, -0.2) is 17.1 Å². The summed E-state index contributed by atoms with van der Waals surface area (Å²) in [6.07, 6.45) is 0. The van der Waals surface area contributed by atoms with Crippen LogP contribution in [0, 0.1) is 12.7 Å². The fourth-order valence-corrected chi connectivity index (χ4v) is 2.35. The first-order valence-corrected chi connectivity index (χ1v) is 7.88. The Bertz CT molecular complexity index is 852. The molecular formula is C19H19FN4O. The van der Waals surface area contributed by atoms with Crippen LogP contribution in [0.15, 0.2) is 54.6 Å². The number of nitrogens with zero attached hydrogens (tertiary/aromatic N) is 2. The standard InChI is InChI=1S/C19H19FN4O/c1-13-11-18(21-12-14-5-3-4-6-17(14)20)24-19(22-13)23-15-7-9-16(25-2)10-8-15/h3-11H,12H2,1-2H3,(H2,21,22,23,24). The maximum Gasteiger partial charge on any atom is 0.229 e. The number of anilines is 3. The highest BCUT2D eigenvalue weighted by Gasteiger charge is 2.05. The van der Waals surface area contributed by atoms with Gasteiger partial charge in [-0.15, -0.1) is 0 Å². The van der Waals surface area contributed by atoms with E-state index in [2.05, 4.69) is 20.6 Å². The number of methoxy groups -OCH3 is 1. The van der Waals surface area contributed by atoms with Crippen LogP contribution in [0.5, 0.6) is 5.75 Å². The Morgan fingerprint density at radius 3 is 2.52 bits per heavy atom. The van der Waals surface area contributed by atoms with Crippen LogP contribution >= 0.6 is 0 Å². The molecule has 0 saturated carbocycles. The predicted octanol–water partition coefficient (Wildman–Crippen LogP) is 4.29. The van der Waals surface area contributed by atoms with E-state index in [9.17, 15) is 4.39 Å². The van der Waals surface area contributed by atoms with Gasteiger partial charge in [-0.3, -0.25) is 0 Å². The summed E-state index contributed by atoms with van der Waals surface area (Å²) < 4.78 is 18.8. The summed E-state index contributed by atoms with van der Waals surface area (Å²) in [6.45, 7) is 2.24. The van der Waals surface area contributed by atoms with Gasteiger partial charge in [0.2, 0.25) is 5.95 Å². The SMILES string of the molecule is COc1ccc(Nc2nc(C)cc(NCc3ccccc3F)n2)cc1. The van der Waals surface area contributed by atoms with Crippen molar-refractivity contribution in [2.45, 2.75) is 13.5 Å². The highest BCUT2D eigenvalue weighted by atomic mass is 19.1. The maximum absolute atomic E-state index is 13.7.